The second-order valence-electron chi connectivity index (χ2n) is 7.22. The molecule has 3 aromatic rings. The number of rotatable bonds is 11. The fraction of sp³-hybridized carbons (Fsp3) is 0.269. The first kappa shape index (κ1) is 22.5. The van der Waals surface area contributed by atoms with Crippen LogP contribution in [0.25, 0.3) is 0 Å². The molecule has 0 saturated heterocycles. The molecule has 31 heavy (non-hydrogen) atoms. The van der Waals surface area contributed by atoms with Crippen LogP contribution in [-0.2, 0) is 22.6 Å². The largest absolute Gasteiger partial charge is 0.489 e. The van der Waals surface area contributed by atoms with Crippen LogP contribution in [-0.4, -0.2) is 30.3 Å². The van der Waals surface area contributed by atoms with Crippen LogP contribution >= 0.6 is 0 Å². The van der Waals surface area contributed by atoms with Gasteiger partial charge in [0.25, 0.3) is 0 Å². The fourth-order valence-corrected chi connectivity index (χ4v) is 3.29. The van der Waals surface area contributed by atoms with Crippen molar-refractivity contribution in [3.8, 4) is 5.75 Å². The maximum Gasteiger partial charge on any atom is 0.250 e. The lowest BCUT2D eigenvalue weighted by atomic mass is 10.0. The lowest BCUT2D eigenvalue weighted by molar-refractivity contribution is -0.133. The van der Waals surface area contributed by atoms with Crippen LogP contribution < -0.4 is 10.1 Å². The van der Waals surface area contributed by atoms with Gasteiger partial charge in [0, 0.05) is 13.0 Å². The Morgan fingerprint density at radius 2 is 1.55 bits per heavy atom. The summed E-state index contributed by atoms with van der Waals surface area (Å²) in [5.74, 6) is 0.531. The SMILES string of the molecule is CCO[C@H](Cc1ccc(OCc2ccccc2)cc1)C(=O)N[C@@H](CO)c1ccccc1. The summed E-state index contributed by atoms with van der Waals surface area (Å²) in [7, 11) is 0. The average molecular weight is 420 g/mol. The predicted octanol–water partition coefficient (Wildman–Crippen LogP) is 4.06. The van der Waals surface area contributed by atoms with Gasteiger partial charge in [-0.05, 0) is 35.7 Å². The maximum absolute atomic E-state index is 12.8. The van der Waals surface area contributed by atoms with E-state index in [-0.39, 0.29) is 12.5 Å². The highest BCUT2D eigenvalue weighted by Gasteiger charge is 2.23. The van der Waals surface area contributed by atoms with E-state index in [1.807, 2.05) is 91.9 Å². The molecule has 0 bridgehead atoms. The maximum atomic E-state index is 12.8. The molecule has 5 heteroatoms. The van der Waals surface area contributed by atoms with Gasteiger partial charge in [-0.25, -0.2) is 0 Å². The molecule has 3 rings (SSSR count). The highest BCUT2D eigenvalue weighted by atomic mass is 16.5. The summed E-state index contributed by atoms with van der Waals surface area (Å²) in [6.45, 7) is 2.61. The number of aliphatic hydroxyl groups excluding tert-OH is 1. The summed E-state index contributed by atoms with van der Waals surface area (Å²) in [5, 5.41) is 12.6. The Morgan fingerprint density at radius 3 is 2.16 bits per heavy atom. The highest BCUT2D eigenvalue weighted by Crippen LogP contribution is 2.17. The second-order valence-corrected chi connectivity index (χ2v) is 7.22. The first-order valence-corrected chi connectivity index (χ1v) is 10.5. The van der Waals surface area contributed by atoms with Gasteiger partial charge >= 0.3 is 0 Å². The smallest absolute Gasteiger partial charge is 0.250 e. The molecule has 1 amide bonds. The zero-order chi connectivity index (χ0) is 21.9. The molecule has 0 aliphatic rings. The van der Waals surface area contributed by atoms with Gasteiger partial charge in [0.15, 0.2) is 0 Å². The molecule has 0 spiro atoms. The first-order chi connectivity index (χ1) is 15.2. The summed E-state index contributed by atoms with van der Waals surface area (Å²) in [6.07, 6.45) is -0.204. The minimum Gasteiger partial charge on any atom is -0.489 e. The molecule has 0 aliphatic carbocycles. The van der Waals surface area contributed by atoms with E-state index >= 15 is 0 Å². The lowest BCUT2D eigenvalue weighted by Gasteiger charge is -2.22. The van der Waals surface area contributed by atoms with Gasteiger partial charge in [-0.15, -0.1) is 0 Å². The van der Waals surface area contributed by atoms with Crippen molar-refractivity contribution in [2.24, 2.45) is 0 Å². The van der Waals surface area contributed by atoms with Gasteiger partial charge in [0.1, 0.15) is 18.5 Å². The molecule has 0 saturated carbocycles. The van der Waals surface area contributed by atoms with Crippen LogP contribution in [0.1, 0.15) is 29.7 Å². The third-order valence-corrected chi connectivity index (χ3v) is 4.95. The fourth-order valence-electron chi connectivity index (χ4n) is 3.29. The first-order valence-electron chi connectivity index (χ1n) is 10.5. The quantitative estimate of drug-likeness (QED) is 0.492. The monoisotopic (exact) mass is 419 g/mol. The van der Waals surface area contributed by atoms with Crippen molar-refractivity contribution in [1.82, 2.24) is 5.32 Å². The number of hydrogen-bond donors (Lipinski definition) is 2. The van der Waals surface area contributed by atoms with Crippen LogP contribution in [0, 0.1) is 0 Å². The van der Waals surface area contributed by atoms with Crippen molar-refractivity contribution in [2.75, 3.05) is 13.2 Å². The summed E-state index contributed by atoms with van der Waals surface area (Å²) in [6, 6.07) is 26.6. The number of ether oxygens (including phenoxy) is 2. The van der Waals surface area contributed by atoms with Gasteiger partial charge < -0.3 is 19.9 Å². The number of carbonyl (C=O) groups is 1. The number of benzene rings is 3. The van der Waals surface area contributed by atoms with Crippen LogP contribution in [0.4, 0.5) is 0 Å². The predicted molar refractivity (Wildman–Crippen MR) is 121 cm³/mol. The Balaban J connectivity index is 1.59. The molecule has 2 N–H and O–H groups in total. The van der Waals surface area contributed by atoms with Gasteiger partial charge in [0.05, 0.1) is 12.6 Å². The van der Waals surface area contributed by atoms with Crippen LogP contribution in [0.3, 0.4) is 0 Å². The number of aliphatic hydroxyl groups is 1. The summed E-state index contributed by atoms with van der Waals surface area (Å²) >= 11 is 0. The number of nitrogens with one attached hydrogen (secondary N) is 1. The molecule has 2 atom stereocenters. The molecule has 3 aromatic carbocycles. The molecule has 0 aliphatic heterocycles. The minimum absolute atomic E-state index is 0.179. The third kappa shape index (κ3) is 6.95. The third-order valence-electron chi connectivity index (χ3n) is 4.95. The van der Waals surface area contributed by atoms with Gasteiger partial charge in [-0.3, -0.25) is 4.79 Å². The number of carbonyl (C=O) groups excluding carboxylic acids is 1. The van der Waals surface area contributed by atoms with E-state index in [1.165, 1.54) is 0 Å². The Morgan fingerprint density at radius 1 is 0.903 bits per heavy atom. The van der Waals surface area contributed by atoms with Crippen molar-refractivity contribution >= 4 is 5.91 Å². The minimum atomic E-state index is -0.640. The van der Waals surface area contributed by atoms with E-state index in [0.717, 1.165) is 22.4 Å². The second kappa shape index (κ2) is 11.9. The van der Waals surface area contributed by atoms with Crippen molar-refractivity contribution < 1.29 is 19.4 Å². The molecule has 0 heterocycles. The van der Waals surface area contributed by atoms with Gasteiger partial charge in [-0.2, -0.15) is 0 Å². The molecule has 5 nitrogen and oxygen atoms in total. The summed E-state index contributed by atoms with van der Waals surface area (Å²) in [4.78, 5) is 12.8. The van der Waals surface area contributed by atoms with Crippen LogP contribution in [0.15, 0.2) is 84.9 Å². The van der Waals surface area contributed by atoms with E-state index in [0.29, 0.717) is 19.6 Å². The summed E-state index contributed by atoms with van der Waals surface area (Å²) in [5.41, 5.74) is 2.94. The van der Waals surface area contributed by atoms with Crippen molar-refractivity contribution in [2.45, 2.75) is 32.1 Å². The average Bonchev–Trinajstić information content (AvgIpc) is 2.83. The molecule has 0 aromatic heterocycles. The van der Waals surface area contributed by atoms with Crippen LogP contribution in [0.2, 0.25) is 0 Å². The Labute approximate surface area is 183 Å². The normalized spacial score (nSPS) is 12.7. The van der Waals surface area contributed by atoms with E-state index in [9.17, 15) is 9.90 Å². The Bertz CT molecular complexity index is 913. The Kier molecular flexibility index (Phi) is 8.64. The van der Waals surface area contributed by atoms with E-state index < -0.39 is 12.1 Å². The number of amides is 1. The molecular weight excluding hydrogens is 390 g/mol. The van der Waals surface area contributed by atoms with Gasteiger partial charge in [-0.1, -0.05) is 72.8 Å². The molecule has 162 valence electrons. The summed E-state index contributed by atoms with van der Waals surface area (Å²) < 4.78 is 11.5. The van der Waals surface area contributed by atoms with Crippen molar-refractivity contribution in [1.29, 1.82) is 0 Å². The highest BCUT2D eigenvalue weighted by molar-refractivity contribution is 5.81. The standard InChI is InChI=1S/C26H29NO4/c1-2-30-25(26(29)27-24(18-28)22-11-7-4-8-12-22)17-20-13-15-23(16-14-20)31-19-21-9-5-3-6-10-21/h3-16,24-25,28H,2,17-19H2,1H3,(H,27,29)/t24-,25+/m0/s1. The zero-order valence-corrected chi connectivity index (χ0v) is 17.7. The molecular formula is C26H29NO4. The van der Waals surface area contributed by atoms with Crippen molar-refractivity contribution in [3.63, 3.8) is 0 Å². The van der Waals surface area contributed by atoms with E-state index in [1.54, 1.807) is 0 Å². The van der Waals surface area contributed by atoms with Crippen molar-refractivity contribution in [3.05, 3.63) is 102 Å². The van der Waals surface area contributed by atoms with E-state index in [4.69, 9.17) is 9.47 Å². The Hall–Kier alpha value is -3.15. The molecule has 0 radical (unpaired) electrons. The lowest BCUT2D eigenvalue weighted by Crippen LogP contribution is -2.41. The van der Waals surface area contributed by atoms with Gasteiger partial charge in [0.2, 0.25) is 5.91 Å². The zero-order valence-electron chi connectivity index (χ0n) is 17.7. The molecule has 0 unspecified atom stereocenters. The topological polar surface area (TPSA) is 67.8 Å². The number of hydrogen-bond acceptors (Lipinski definition) is 4. The molecule has 0 fully saturated rings. The van der Waals surface area contributed by atoms with E-state index in [2.05, 4.69) is 5.32 Å². The van der Waals surface area contributed by atoms with Crippen LogP contribution in [0.5, 0.6) is 5.75 Å².